The molecule has 3 aromatic carbocycles. The van der Waals surface area contributed by atoms with Gasteiger partial charge in [-0.25, -0.2) is 8.42 Å². The number of sulfone groups is 1. The van der Waals surface area contributed by atoms with Crippen LogP contribution in [0.4, 0.5) is 0 Å². The minimum absolute atomic E-state index is 0.0313. The van der Waals surface area contributed by atoms with E-state index in [-0.39, 0.29) is 27.1 Å². The van der Waals surface area contributed by atoms with Gasteiger partial charge in [0.2, 0.25) is 0 Å². The number of phenolic OH excluding ortho intramolecular Hbond substituents is 1. The smallest absolute Gasteiger partial charge is 0.183 e. The van der Waals surface area contributed by atoms with Gasteiger partial charge in [0, 0.05) is 10.6 Å². The molecule has 0 spiro atoms. The lowest BCUT2D eigenvalue weighted by Crippen LogP contribution is -2.11. The molecule has 0 heterocycles. The summed E-state index contributed by atoms with van der Waals surface area (Å²) < 4.78 is 26.9. The van der Waals surface area contributed by atoms with Gasteiger partial charge in [0.05, 0.1) is 15.7 Å². The van der Waals surface area contributed by atoms with Crippen LogP contribution in [0.2, 0.25) is 10.0 Å². The summed E-state index contributed by atoms with van der Waals surface area (Å²) in [5.41, 5.74) is 4.89. The number of halogens is 2. The first-order valence-electron chi connectivity index (χ1n) is 10.1. The lowest BCUT2D eigenvalue weighted by molar-refractivity contribution is 0.470. The number of hydrogen-bond acceptors (Lipinski definition) is 3. The van der Waals surface area contributed by atoms with Gasteiger partial charge in [-0.05, 0) is 60.6 Å². The average molecular weight is 477 g/mol. The molecule has 164 valence electrons. The Morgan fingerprint density at radius 3 is 2.19 bits per heavy atom. The fraction of sp³-hybridized carbons (Fsp3) is 0.280. The van der Waals surface area contributed by atoms with Gasteiger partial charge in [0.25, 0.3) is 0 Å². The van der Waals surface area contributed by atoms with Gasteiger partial charge in [-0.15, -0.1) is 0 Å². The zero-order valence-corrected chi connectivity index (χ0v) is 20.4. The number of phenols is 1. The van der Waals surface area contributed by atoms with Crippen LogP contribution in [0, 0.1) is 13.8 Å². The SMILES string of the molecule is Cc1cc(C)c(S(=O)(=O)Cc2cc(Cl)cc(Cl)c2O)c(Cc2ccc(C(C)C)cc2)c1. The molecular weight excluding hydrogens is 451 g/mol. The van der Waals surface area contributed by atoms with Crippen LogP contribution in [0.25, 0.3) is 0 Å². The Bertz CT molecular complexity index is 1210. The molecule has 0 aromatic heterocycles. The van der Waals surface area contributed by atoms with E-state index in [1.807, 2.05) is 31.2 Å². The molecule has 0 bridgehead atoms. The monoisotopic (exact) mass is 476 g/mol. The van der Waals surface area contributed by atoms with Crippen molar-refractivity contribution < 1.29 is 13.5 Å². The molecule has 3 aromatic rings. The Hall–Kier alpha value is -2.01. The van der Waals surface area contributed by atoms with Gasteiger partial charge in [-0.3, -0.25) is 0 Å². The molecule has 3 rings (SSSR count). The molecule has 0 radical (unpaired) electrons. The van der Waals surface area contributed by atoms with E-state index in [1.165, 1.54) is 17.7 Å². The highest BCUT2D eigenvalue weighted by atomic mass is 35.5. The van der Waals surface area contributed by atoms with Crippen LogP contribution in [0.1, 0.15) is 53.1 Å². The maximum Gasteiger partial charge on any atom is 0.183 e. The number of aryl methyl sites for hydroxylation is 2. The normalized spacial score (nSPS) is 11.8. The molecule has 0 aliphatic heterocycles. The van der Waals surface area contributed by atoms with Gasteiger partial charge in [-0.1, -0.05) is 79.0 Å². The van der Waals surface area contributed by atoms with Crippen molar-refractivity contribution in [2.45, 2.75) is 50.7 Å². The van der Waals surface area contributed by atoms with Gasteiger partial charge >= 0.3 is 0 Å². The summed E-state index contributed by atoms with van der Waals surface area (Å²) >= 11 is 12.0. The minimum atomic E-state index is -3.77. The Morgan fingerprint density at radius 2 is 1.58 bits per heavy atom. The molecule has 0 aliphatic carbocycles. The van der Waals surface area contributed by atoms with E-state index >= 15 is 0 Å². The van der Waals surface area contributed by atoms with E-state index in [0.29, 0.717) is 22.8 Å². The van der Waals surface area contributed by atoms with Gasteiger partial charge < -0.3 is 5.11 Å². The van der Waals surface area contributed by atoms with Crippen molar-refractivity contribution in [1.29, 1.82) is 0 Å². The predicted molar refractivity (Wildman–Crippen MR) is 128 cm³/mol. The quantitative estimate of drug-likeness (QED) is 0.416. The van der Waals surface area contributed by atoms with E-state index < -0.39 is 9.84 Å². The Balaban J connectivity index is 2.04. The summed E-state index contributed by atoms with van der Waals surface area (Å²) in [6.07, 6.45) is 0.498. The number of hydrogen-bond donors (Lipinski definition) is 1. The van der Waals surface area contributed by atoms with E-state index in [0.717, 1.165) is 16.7 Å². The van der Waals surface area contributed by atoms with Crippen LogP contribution < -0.4 is 0 Å². The summed E-state index contributed by atoms with van der Waals surface area (Å²) in [6, 6.07) is 14.9. The van der Waals surface area contributed by atoms with Crippen molar-refractivity contribution in [2.24, 2.45) is 0 Å². The molecule has 0 atom stereocenters. The molecular formula is C25H26Cl2O3S. The molecule has 1 N–H and O–H groups in total. The predicted octanol–water partition coefficient (Wildman–Crippen LogP) is 7.00. The fourth-order valence-corrected chi connectivity index (χ4v) is 6.25. The first-order valence-corrected chi connectivity index (χ1v) is 12.5. The molecule has 31 heavy (non-hydrogen) atoms. The second-order valence-corrected chi connectivity index (χ2v) is 11.1. The second-order valence-electron chi connectivity index (χ2n) is 8.30. The highest BCUT2D eigenvalue weighted by molar-refractivity contribution is 7.90. The number of rotatable bonds is 6. The highest BCUT2D eigenvalue weighted by Crippen LogP contribution is 2.35. The number of benzene rings is 3. The maximum absolute atomic E-state index is 13.5. The largest absolute Gasteiger partial charge is 0.506 e. The first kappa shape index (κ1) is 23.6. The van der Waals surface area contributed by atoms with Gasteiger partial charge in [-0.2, -0.15) is 0 Å². The molecule has 0 saturated carbocycles. The van der Waals surface area contributed by atoms with Gasteiger partial charge in [0.1, 0.15) is 5.75 Å². The highest BCUT2D eigenvalue weighted by Gasteiger charge is 2.24. The van der Waals surface area contributed by atoms with Crippen LogP contribution in [0.15, 0.2) is 53.4 Å². The minimum Gasteiger partial charge on any atom is -0.506 e. The third kappa shape index (κ3) is 5.43. The molecule has 6 heteroatoms. The lowest BCUT2D eigenvalue weighted by Gasteiger charge is -2.16. The zero-order valence-electron chi connectivity index (χ0n) is 18.0. The first-order chi connectivity index (χ1) is 14.5. The van der Waals surface area contributed by atoms with E-state index in [1.54, 1.807) is 6.92 Å². The van der Waals surface area contributed by atoms with Crippen LogP contribution in [-0.4, -0.2) is 13.5 Å². The third-order valence-corrected chi connectivity index (χ3v) is 7.70. The average Bonchev–Trinajstić information content (AvgIpc) is 2.65. The summed E-state index contributed by atoms with van der Waals surface area (Å²) in [7, 11) is -3.77. The Kier molecular flexibility index (Phi) is 7.04. The Morgan fingerprint density at radius 1 is 0.935 bits per heavy atom. The maximum atomic E-state index is 13.5. The third-order valence-electron chi connectivity index (χ3n) is 5.30. The molecule has 3 nitrogen and oxygen atoms in total. The molecule has 0 unspecified atom stereocenters. The molecule has 0 fully saturated rings. The molecule has 0 amide bonds. The van der Waals surface area contributed by atoms with Crippen LogP contribution in [0.3, 0.4) is 0 Å². The topological polar surface area (TPSA) is 54.4 Å². The van der Waals surface area contributed by atoms with Crippen molar-refractivity contribution in [3.8, 4) is 5.75 Å². The molecule has 0 saturated heterocycles. The fourth-order valence-electron chi connectivity index (χ4n) is 3.87. The van der Waals surface area contributed by atoms with Crippen molar-refractivity contribution >= 4 is 33.0 Å². The van der Waals surface area contributed by atoms with E-state index in [2.05, 4.69) is 26.0 Å². The van der Waals surface area contributed by atoms with Crippen LogP contribution in [0.5, 0.6) is 5.75 Å². The zero-order chi connectivity index (χ0) is 22.9. The summed E-state index contributed by atoms with van der Waals surface area (Å²) in [6.45, 7) is 8.04. The van der Waals surface area contributed by atoms with Crippen LogP contribution >= 0.6 is 23.2 Å². The second kappa shape index (κ2) is 9.23. The van der Waals surface area contributed by atoms with Crippen LogP contribution in [-0.2, 0) is 22.0 Å². The van der Waals surface area contributed by atoms with Crippen molar-refractivity contribution in [3.63, 3.8) is 0 Å². The summed E-state index contributed by atoms with van der Waals surface area (Å²) in [5.74, 6) is -0.212. The summed E-state index contributed by atoms with van der Waals surface area (Å²) in [5, 5.41) is 10.6. The molecule has 0 aliphatic rings. The van der Waals surface area contributed by atoms with Crippen molar-refractivity contribution in [1.82, 2.24) is 0 Å². The lowest BCUT2D eigenvalue weighted by atomic mass is 9.97. The van der Waals surface area contributed by atoms with E-state index in [9.17, 15) is 13.5 Å². The van der Waals surface area contributed by atoms with Crippen molar-refractivity contribution in [3.05, 3.63) is 92.0 Å². The van der Waals surface area contributed by atoms with Gasteiger partial charge in [0.15, 0.2) is 9.84 Å². The standard InChI is InChI=1S/C25H26Cl2O3S/c1-15(2)19-7-5-18(6-8-19)11-20-10-16(3)9-17(4)25(20)31(29,30)14-21-12-22(26)13-23(27)24(21)28/h5-10,12-13,15,28H,11,14H2,1-4H3. The number of aromatic hydroxyl groups is 1. The van der Waals surface area contributed by atoms with Crippen molar-refractivity contribution in [2.75, 3.05) is 0 Å². The Labute approximate surface area is 194 Å². The summed E-state index contributed by atoms with van der Waals surface area (Å²) in [4.78, 5) is 0.293. The van der Waals surface area contributed by atoms with E-state index in [4.69, 9.17) is 23.2 Å².